The Bertz CT molecular complexity index is 1090. The maximum Gasteiger partial charge on any atom is 0.138 e. The Balaban J connectivity index is 1.79. The van der Waals surface area contributed by atoms with Crippen LogP contribution < -0.4 is 10.1 Å². The van der Waals surface area contributed by atoms with Gasteiger partial charge in [-0.05, 0) is 32.0 Å². The molecule has 0 aliphatic rings. The first-order chi connectivity index (χ1) is 13.1. The third kappa shape index (κ3) is 3.41. The average molecular weight is 361 g/mol. The van der Waals surface area contributed by atoms with Gasteiger partial charge < -0.3 is 15.0 Å². The summed E-state index contributed by atoms with van der Waals surface area (Å²) in [6.07, 6.45) is 3.32. The number of nitrogens with zero attached hydrogens (tertiary/aromatic N) is 5. The molecule has 136 valence electrons. The first-order valence-electron chi connectivity index (χ1n) is 8.52. The van der Waals surface area contributed by atoms with Crippen LogP contribution in [0.5, 0.6) is 5.75 Å². The van der Waals surface area contributed by atoms with E-state index in [0.29, 0.717) is 18.1 Å². The fraction of sp³-hybridized carbons (Fsp3) is 0.211. The van der Waals surface area contributed by atoms with E-state index in [0.717, 1.165) is 39.4 Å². The summed E-state index contributed by atoms with van der Waals surface area (Å²) >= 11 is 0. The van der Waals surface area contributed by atoms with Crippen molar-refractivity contribution < 1.29 is 4.74 Å². The van der Waals surface area contributed by atoms with Gasteiger partial charge in [-0.15, -0.1) is 0 Å². The summed E-state index contributed by atoms with van der Waals surface area (Å²) in [5, 5.41) is 12.5. The van der Waals surface area contributed by atoms with Crippen LogP contribution in [-0.4, -0.2) is 37.2 Å². The van der Waals surface area contributed by atoms with Crippen molar-refractivity contribution in [3.05, 3.63) is 53.9 Å². The molecule has 0 saturated heterocycles. The minimum Gasteiger partial charge on any atom is -0.497 e. The number of aromatic nitrogens is 6. The van der Waals surface area contributed by atoms with Crippen LogP contribution in [0.2, 0.25) is 0 Å². The van der Waals surface area contributed by atoms with Crippen LogP contribution in [0.25, 0.3) is 22.3 Å². The molecule has 0 bridgehead atoms. The molecule has 2 N–H and O–H groups in total. The van der Waals surface area contributed by atoms with Gasteiger partial charge in [0.1, 0.15) is 23.7 Å². The Kier molecular flexibility index (Phi) is 4.37. The summed E-state index contributed by atoms with van der Waals surface area (Å²) in [6.45, 7) is 4.37. The van der Waals surface area contributed by atoms with Gasteiger partial charge in [-0.25, -0.2) is 15.0 Å². The molecule has 4 aromatic rings. The highest BCUT2D eigenvalue weighted by molar-refractivity contribution is 6.01. The van der Waals surface area contributed by atoms with E-state index in [2.05, 4.69) is 35.5 Å². The van der Waals surface area contributed by atoms with Gasteiger partial charge in [0.25, 0.3) is 0 Å². The van der Waals surface area contributed by atoms with E-state index in [-0.39, 0.29) is 0 Å². The quantitative estimate of drug-likeness (QED) is 0.563. The van der Waals surface area contributed by atoms with Crippen LogP contribution in [0.15, 0.2) is 36.8 Å². The smallest absolute Gasteiger partial charge is 0.138 e. The van der Waals surface area contributed by atoms with Crippen molar-refractivity contribution in [1.82, 2.24) is 30.1 Å². The zero-order chi connectivity index (χ0) is 18.8. The molecule has 0 atom stereocenters. The number of methoxy groups -OCH3 is 1. The number of benzene rings is 1. The van der Waals surface area contributed by atoms with Gasteiger partial charge in [0.05, 0.1) is 35.9 Å². The highest BCUT2D eigenvalue weighted by Crippen LogP contribution is 2.34. The third-order valence-corrected chi connectivity index (χ3v) is 4.20. The Morgan fingerprint density at radius 1 is 1.07 bits per heavy atom. The van der Waals surface area contributed by atoms with Crippen LogP contribution >= 0.6 is 0 Å². The SMILES string of the molecule is COc1cc(-c2ncc(C)[nH]2)c2c(NCc3ccc(C)nn3)ncnc2c1. The molecule has 0 aliphatic heterocycles. The van der Waals surface area contributed by atoms with E-state index in [1.54, 1.807) is 13.3 Å². The molecule has 0 unspecified atom stereocenters. The lowest BCUT2D eigenvalue weighted by atomic mass is 10.1. The molecule has 3 aromatic heterocycles. The Morgan fingerprint density at radius 3 is 2.67 bits per heavy atom. The van der Waals surface area contributed by atoms with Gasteiger partial charge in [-0.2, -0.15) is 10.2 Å². The van der Waals surface area contributed by atoms with Gasteiger partial charge in [-0.3, -0.25) is 0 Å². The van der Waals surface area contributed by atoms with E-state index in [4.69, 9.17) is 4.74 Å². The molecular formula is C19H19N7O. The summed E-state index contributed by atoms with van der Waals surface area (Å²) in [4.78, 5) is 16.6. The summed E-state index contributed by atoms with van der Waals surface area (Å²) < 4.78 is 5.43. The number of aromatic amines is 1. The topological polar surface area (TPSA) is 102 Å². The van der Waals surface area contributed by atoms with Crippen LogP contribution in [0.4, 0.5) is 5.82 Å². The summed E-state index contributed by atoms with van der Waals surface area (Å²) in [7, 11) is 1.63. The highest BCUT2D eigenvalue weighted by atomic mass is 16.5. The van der Waals surface area contributed by atoms with E-state index in [9.17, 15) is 0 Å². The lowest BCUT2D eigenvalue weighted by molar-refractivity contribution is 0.415. The van der Waals surface area contributed by atoms with Crippen molar-refractivity contribution in [3.8, 4) is 17.1 Å². The van der Waals surface area contributed by atoms with E-state index >= 15 is 0 Å². The number of H-pyrrole nitrogens is 1. The van der Waals surface area contributed by atoms with Crippen molar-refractivity contribution >= 4 is 16.7 Å². The minimum absolute atomic E-state index is 0.502. The molecule has 0 spiro atoms. The van der Waals surface area contributed by atoms with Crippen LogP contribution in [0, 0.1) is 13.8 Å². The molecule has 0 fully saturated rings. The maximum atomic E-state index is 5.43. The standard InChI is InChI=1S/C19H19N7O/c1-11-4-5-13(26-25-11)9-21-19-17-15(18-20-8-12(2)24-18)6-14(27-3)7-16(17)22-10-23-19/h4-8,10H,9H2,1-3H3,(H,20,24)(H,21,22,23). The lowest BCUT2D eigenvalue weighted by Gasteiger charge is -2.12. The molecule has 8 nitrogen and oxygen atoms in total. The molecule has 4 rings (SSSR count). The first-order valence-corrected chi connectivity index (χ1v) is 8.52. The number of rotatable bonds is 5. The van der Waals surface area contributed by atoms with Gasteiger partial charge in [-0.1, -0.05) is 0 Å². The van der Waals surface area contributed by atoms with E-state index in [1.807, 2.05) is 38.1 Å². The summed E-state index contributed by atoms with van der Waals surface area (Å²) in [5.41, 5.74) is 4.33. The minimum atomic E-state index is 0.502. The summed E-state index contributed by atoms with van der Waals surface area (Å²) in [6, 6.07) is 7.69. The second-order valence-electron chi connectivity index (χ2n) is 6.23. The second kappa shape index (κ2) is 6.99. The molecule has 0 saturated carbocycles. The number of fused-ring (bicyclic) bond motifs is 1. The zero-order valence-corrected chi connectivity index (χ0v) is 15.3. The normalized spacial score (nSPS) is 10.9. The van der Waals surface area contributed by atoms with Crippen molar-refractivity contribution in [3.63, 3.8) is 0 Å². The van der Waals surface area contributed by atoms with Gasteiger partial charge in [0.2, 0.25) is 0 Å². The first kappa shape index (κ1) is 16.9. The number of nitrogens with one attached hydrogen (secondary N) is 2. The van der Waals surface area contributed by atoms with Crippen molar-refractivity contribution in [2.45, 2.75) is 20.4 Å². The van der Waals surface area contributed by atoms with Gasteiger partial charge in [0, 0.05) is 23.5 Å². The number of aryl methyl sites for hydroxylation is 2. The molecule has 8 heteroatoms. The molecule has 0 amide bonds. The van der Waals surface area contributed by atoms with Gasteiger partial charge >= 0.3 is 0 Å². The van der Waals surface area contributed by atoms with Crippen LogP contribution in [0.3, 0.4) is 0 Å². The van der Waals surface area contributed by atoms with E-state index < -0.39 is 0 Å². The number of hydrogen-bond acceptors (Lipinski definition) is 7. The Hall–Kier alpha value is -3.55. The maximum absolute atomic E-state index is 5.43. The van der Waals surface area contributed by atoms with Crippen LogP contribution in [0.1, 0.15) is 17.1 Å². The predicted molar refractivity (Wildman–Crippen MR) is 103 cm³/mol. The number of ether oxygens (including phenoxy) is 1. The summed E-state index contributed by atoms with van der Waals surface area (Å²) in [5.74, 6) is 2.15. The molecular weight excluding hydrogens is 342 g/mol. The fourth-order valence-corrected chi connectivity index (χ4v) is 2.85. The van der Waals surface area contributed by atoms with Gasteiger partial charge in [0.15, 0.2) is 0 Å². The largest absolute Gasteiger partial charge is 0.497 e. The van der Waals surface area contributed by atoms with Crippen molar-refractivity contribution in [1.29, 1.82) is 0 Å². The lowest BCUT2D eigenvalue weighted by Crippen LogP contribution is -2.06. The number of imidazole rings is 1. The Labute approximate surface area is 156 Å². The van der Waals surface area contributed by atoms with Crippen LogP contribution in [-0.2, 0) is 6.54 Å². The molecule has 0 aliphatic carbocycles. The second-order valence-corrected chi connectivity index (χ2v) is 6.23. The highest BCUT2D eigenvalue weighted by Gasteiger charge is 2.15. The van der Waals surface area contributed by atoms with Crippen molar-refractivity contribution in [2.75, 3.05) is 12.4 Å². The number of hydrogen-bond donors (Lipinski definition) is 2. The van der Waals surface area contributed by atoms with Crippen molar-refractivity contribution in [2.24, 2.45) is 0 Å². The monoisotopic (exact) mass is 361 g/mol. The number of anilines is 1. The molecule has 1 aromatic carbocycles. The average Bonchev–Trinajstić information content (AvgIpc) is 3.12. The predicted octanol–water partition coefficient (Wildman–Crippen LogP) is 3.05. The third-order valence-electron chi connectivity index (χ3n) is 4.20. The molecule has 0 radical (unpaired) electrons. The fourth-order valence-electron chi connectivity index (χ4n) is 2.85. The Morgan fingerprint density at radius 2 is 1.96 bits per heavy atom. The molecule has 27 heavy (non-hydrogen) atoms. The van der Waals surface area contributed by atoms with E-state index in [1.165, 1.54) is 6.33 Å². The molecule has 3 heterocycles. The zero-order valence-electron chi connectivity index (χ0n) is 15.3.